The Kier molecular flexibility index (Phi) is 6.73. The van der Waals surface area contributed by atoms with Gasteiger partial charge in [-0.1, -0.05) is 6.07 Å². The number of thiazole rings is 1. The van der Waals surface area contributed by atoms with E-state index in [1.165, 1.54) is 30.6 Å². The molecule has 0 bridgehead atoms. The molecule has 120 valence electrons. The summed E-state index contributed by atoms with van der Waals surface area (Å²) in [7, 11) is 1.40. The minimum Gasteiger partial charge on any atom is -0.494 e. The molecule has 1 atom stereocenters. The number of methoxy groups -OCH3 is 1. The third kappa shape index (κ3) is 4.16. The molecule has 1 aromatic heterocycles. The predicted molar refractivity (Wildman–Crippen MR) is 86.1 cm³/mol. The largest absolute Gasteiger partial charge is 0.494 e. The highest BCUT2D eigenvalue weighted by Crippen LogP contribution is 2.22. The van der Waals surface area contributed by atoms with E-state index in [0.29, 0.717) is 22.8 Å². The average Bonchev–Trinajstić information content (AvgIpc) is 2.96. The Balaban J connectivity index is 0.00000242. The van der Waals surface area contributed by atoms with Crippen LogP contribution in [0.1, 0.15) is 34.0 Å². The second kappa shape index (κ2) is 8.07. The van der Waals surface area contributed by atoms with Crippen molar-refractivity contribution in [2.75, 3.05) is 7.11 Å². The minimum atomic E-state index is -0.463. The number of carbonyl (C=O) groups is 1. The zero-order chi connectivity index (χ0) is 15.4. The summed E-state index contributed by atoms with van der Waals surface area (Å²) in [4.78, 5) is 16.1. The van der Waals surface area contributed by atoms with Crippen LogP contribution in [0.4, 0.5) is 4.39 Å². The van der Waals surface area contributed by atoms with Crippen LogP contribution >= 0.6 is 23.7 Å². The normalized spacial score (nSPS) is 11.5. The maximum atomic E-state index is 13.7. The first-order chi connectivity index (χ1) is 10.0. The number of amides is 1. The quantitative estimate of drug-likeness (QED) is 0.873. The third-order valence-corrected chi connectivity index (χ3v) is 3.85. The number of aromatic nitrogens is 1. The number of carbonyl (C=O) groups excluding carboxylic acids is 1. The molecule has 1 aromatic carbocycles. The number of hydrogen-bond acceptors (Lipinski definition) is 5. The SMILES string of the molecule is COc1ccc(C(C)NC(=O)c2csc(CN)n2)cc1F.Cl. The molecule has 0 aliphatic carbocycles. The van der Waals surface area contributed by atoms with Crippen LogP contribution in [-0.2, 0) is 6.54 Å². The van der Waals surface area contributed by atoms with Gasteiger partial charge in [-0.05, 0) is 24.6 Å². The number of nitrogens with one attached hydrogen (secondary N) is 1. The van der Waals surface area contributed by atoms with Crippen molar-refractivity contribution in [1.29, 1.82) is 0 Å². The predicted octanol–water partition coefficient (Wildman–Crippen LogP) is 2.66. The van der Waals surface area contributed by atoms with Gasteiger partial charge < -0.3 is 15.8 Å². The van der Waals surface area contributed by atoms with Crippen molar-refractivity contribution >= 4 is 29.7 Å². The number of hydrogen-bond donors (Lipinski definition) is 2. The van der Waals surface area contributed by atoms with Crippen molar-refractivity contribution in [2.24, 2.45) is 5.73 Å². The summed E-state index contributed by atoms with van der Waals surface area (Å²) >= 11 is 1.33. The van der Waals surface area contributed by atoms with E-state index in [2.05, 4.69) is 10.3 Å². The van der Waals surface area contributed by atoms with Crippen LogP contribution in [0.5, 0.6) is 5.75 Å². The molecule has 1 amide bonds. The Hall–Kier alpha value is -1.70. The maximum absolute atomic E-state index is 13.7. The molecule has 0 aliphatic heterocycles. The Labute approximate surface area is 138 Å². The Morgan fingerprint density at radius 2 is 2.27 bits per heavy atom. The molecule has 2 rings (SSSR count). The molecule has 0 radical (unpaired) electrons. The summed E-state index contributed by atoms with van der Waals surface area (Å²) in [6.07, 6.45) is 0. The molecule has 0 fully saturated rings. The summed E-state index contributed by atoms with van der Waals surface area (Å²) in [6, 6.07) is 4.24. The lowest BCUT2D eigenvalue weighted by molar-refractivity contribution is 0.0935. The molecule has 1 heterocycles. The summed E-state index contributed by atoms with van der Waals surface area (Å²) in [5, 5.41) is 5.12. The van der Waals surface area contributed by atoms with Crippen LogP contribution in [0.25, 0.3) is 0 Å². The molecule has 22 heavy (non-hydrogen) atoms. The Morgan fingerprint density at radius 3 is 2.82 bits per heavy atom. The van der Waals surface area contributed by atoms with Crippen LogP contribution in [-0.4, -0.2) is 18.0 Å². The second-order valence-corrected chi connectivity index (χ2v) is 5.36. The van der Waals surface area contributed by atoms with Gasteiger partial charge >= 0.3 is 0 Å². The van der Waals surface area contributed by atoms with E-state index in [-0.39, 0.29) is 30.1 Å². The van der Waals surface area contributed by atoms with E-state index in [1.54, 1.807) is 18.4 Å². The van der Waals surface area contributed by atoms with E-state index in [9.17, 15) is 9.18 Å². The lowest BCUT2D eigenvalue weighted by Crippen LogP contribution is -2.27. The van der Waals surface area contributed by atoms with E-state index in [1.807, 2.05) is 0 Å². The fraction of sp³-hybridized carbons (Fsp3) is 0.286. The summed E-state index contributed by atoms with van der Waals surface area (Å²) in [6.45, 7) is 2.08. The van der Waals surface area contributed by atoms with Crippen LogP contribution in [0, 0.1) is 5.82 Å². The van der Waals surface area contributed by atoms with Crippen molar-refractivity contribution in [2.45, 2.75) is 19.5 Å². The van der Waals surface area contributed by atoms with E-state index < -0.39 is 5.82 Å². The maximum Gasteiger partial charge on any atom is 0.271 e. The zero-order valence-electron chi connectivity index (χ0n) is 12.1. The van der Waals surface area contributed by atoms with Crippen LogP contribution < -0.4 is 15.8 Å². The summed E-state index contributed by atoms with van der Waals surface area (Å²) in [5.74, 6) is -0.603. The zero-order valence-corrected chi connectivity index (χ0v) is 13.8. The van der Waals surface area contributed by atoms with Crippen molar-refractivity contribution in [3.63, 3.8) is 0 Å². The number of rotatable bonds is 5. The molecule has 0 spiro atoms. The first-order valence-corrected chi connectivity index (χ1v) is 7.22. The smallest absolute Gasteiger partial charge is 0.271 e. The number of benzene rings is 1. The highest BCUT2D eigenvalue weighted by atomic mass is 35.5. The highest BCUT2D eigenvalue weighted by Gasteiger charge is 2.15. The number of ether oxygens (including phenoxy) is 1. The minimum absolute atomic E-state index is 0. The van der Waals surface area contributed by atoms with Gasteiger partial charge in [-0.15, -0.1) is 23.7 Å². The van der Waals surface area contributed by atoms with Gasteiger partial charge in [0.05, 0.1) is 13.2 Å². The number of nitrogens with two attached hydrogens (primary N) is 1. The first kappa shape index (κ1) is 18.3. The van der Waals surface area contributed by atoms with Crippen molar-refractivity contribution in [1.82, 2.24) is 10.3 Å². The van der Waals surface area contributed by atoms with Crippen molar-refractivity contribution in [3.8, 4) is 5.75 Å². The van der Waals surface area contributed by atoms with E-state index in [4.69, 9.17) is 10.5 Å². The Morgan fingerprint density at radius 1 is 1.55 bits per heavy atom. The van der Waals surface area contributed by atoms with Gasteiger partial charge in [0.25, 0.3) is 5.91 Å². The van der Waals surface area contributed by atoms with Gasteiger partial charge in [0, 0.05) is 11.9 Å². The van der Waals surface area contributed by atoms with E-state index >= 15 is 0 Å². The lowest BCUT2D eigenvalue weighted by Gasteiger charge is -2.14. The molecule has 0 saturated carbocycles. The van der Waals surface area contributed by atoms with Crippen LogP contribution in [0.3, 0.4) is 0 Å². The van der Waals surface area contributed by atoms with Crippen LogP contribution in [0.2, 0.25) is 0 Å². The van der Waals surface area contributed by atoms with Crippen molar-refractivity contribution < 1.29 is 13.9 Å². The number of halogens is 2. The fourth-order valence-corrected chi connectivity index (χ4v) is 2.47. The molecule has 1 unspecified atom stereocenters. The molecular formula is C14H17ClFN3O2S. The molecule has 0 aliphatic rings. The lowest BCUT2D eigenvalue weighted by atomic mass is 10.1. The van der Waals surface area contributed by atoms with Crippen LogP contribution in [0.15, 0.2) is 23.6 Å². The molecule has 0 saturated heterocycles. The third-order valence-electron chi connectivity index (χ3n) is 2.98. The van der Waals surface area contributed by atoms with Gasteiger partial charge in [-0.3, -0.25) is 4.79 Å². The van der Waals surface area contributed by atoms with Gasteiger partial charge in [-0.2, -0.15) is 0 Å². The van der Waals surface area contributed by atoms with Gasteiger partial charge in [0.1, 0.15) is 10.7 Å². The van der Waals surface area contributed by atoms with Gasteiger partial charge in [-0.25, -0.2) is 9.37 Å². The summed E-state index contributed by atoms with van der Waals surface area (Å²) < 4.78 is 18.5. The highest BCUT2D eigenvalue weighted by molar-refractivity contribution is 7.09. The van der Waals surface area contributed by atoms with Gasteiger partial charge in [0.2, 0.25) is 0 Å². The van der Waals surface area contributed by atoms with Crippen molar-refractivity contribution in [3.05, 3.63) is 45.7 Å². The first-order valence-electron chi connectivity index (χ1n) is 6.34. The standard InChI is InChI=1S/C14H16FN3O2S.ClH/c1-8(9-3-4-12(20-2)10(15)5-9)17-14(19)11-7-21-13(6-16)18-11;/h3-5,7-8H,6,16H2,1-2H3,(H,17,19);1H. The molecule has 8 heteroatoms. The molecule has 2 aromatic rings. The topological polar surface area (TPSA) is 77.2 Å². The van der Waals surface area contributed by atoms with E-state index in [0.717, 1.165) is 0 Å². The second-order valence-electron chi connectivity index (χ2n) is 4.42. The fourth-order valence-electron chi connectivity index (χ4n) is 1.81. The molecule has 3 N–H and O–H groups in total. The Bertz CT molecular complexity index is 651. The molecular weight excluding hydrogens is 329 g/mol. The monoisotopic (exact) mass is 345 g/mol. The summed E-state index contributed by atoms with van der Waals surface area (Å²) in [5.41, 5.74) is 6.43. The number of nitrogens with zero attached hydrogens (tertiary/aromatic N) is 1. The molecule has 5 nitrogen and oxygen atoms in total. The van der Waals surface area contributed by atoms with Gasteiger partial charge in [0.15, 0.2) is 11.6 Å². The average molecular weight is 346 g/mol.